The number of ether oxygens (including phenoxy) is 1. The molecule has 1 saturated carbocycles. The molecule has 1 aliphatic rings. The first-order valence-corrected chi connectivity index (χ1v) is 7.42. The summed E-state index contributed by atoms with van der Waals surface area (Å²) in [7, 11) is 0. The molecule has 1 aliphatic carbocycles. The highest BCUT2D eigenvalue weighted by molar-refractivity contribution is 5.64. The molecule has 0 heterocycles. The van der Waals surface area contributed by atoms with Gasteiger partial charge in [-0.2, -0.15) is 0 Å². The maximum atomic E-state index is 5.88. The molecule has 19 heavy (non-hydrogen) atoms. The Bertz CT molecular complexity index is 368. The van der Waals surface area contributed by atoms with Crippen LogP contribution in [0.25, 0.3) is 5.57 Å². The van der Waals surface area contributed by atoms with E-state index < -0.39 is 0 Å². The molecule has 1 aromatic rings. The summed E-state index contributed by atoms with van der Waals surface area (Å²) in [6.45, 7) is 6.66. The predicted octanol–water partition coefficient (Wildman–Crippen LogP) is 3.64. The molecule has 0 bridgehead atoms. The molecule has 0 amide bonds. The van der Waals surface area contributed by atoms with Gasteiger partial charge in [0.2, 0.25) is 0 Å². The van der Waals surface area contributed by atoms with Gasteiger partial charge in [-0.05, 0) is 24.0 Å². The SMILES string of the molecule is C=C(CNCCOC1CCCCC1)c1ccccc1. The van der Waals surface area contributed by atoms with Crippen LogP contribution in [0.4, 0.5) is 0 Å². The van der Waals surface area contributed by atoms with E-state index in [0.29, 0.717) is 6.10 Å². The van der Waals surface area contributed by atoms with E-state index in [0.717, 1.165) is 25.3 Å². The Balaban J connectivity index is 1.55. The average molecular weight is 259 g/mol. The number of hydrogen-bond acceptors (Lipinski definition) is 2. The minimum atomic E-state index is 0.507. The Morgan fingerprint density at radius 3 is 2.63 bits per heavy atom. The lowest BCUT2D eigenvalue weighted by Crippen LogP contribution is -2.25. The minimum Gasteiger partial charge on any atom is -0.377 e. The first-order chi connectivity index (χ1) is 9.36. The Morgan fingerprint density at radius 2 is 1.89 bits per heavy atom. The van der Waals surface area contributed by atoms with E-state index >= 15 is 0 Å². The second-order valence-corrected chi connectivity index (χ2v) is 5.28. The molecule has 0 aliphatic heterocycles. The molecule has 2 nitrogen and oxygen atoms in total. The van der Waals surface area contributed by atoms with Crippen LogP contribution in [0.15, 0.2) is 36.9 Å². The first kappa shape index (κ1) is 14.3. The van der Waals surface area contributed by atoms with E-state index in [9.17, 15) is 0 Å². The second kappa shape index (κ2) is 8.13. The van der Waals surface area contributed by atoms with Crippen LogP contribution in [-0.4, -0.2) is 25.8 Å². The van der Waals surface area contributed by atoms with E-state index in [1.807, 2.05) is 18.2 Å². The van der Waals surface area contributed by atoms with Crippen molar-refractivity contribution in [2.24, 2.45) is 0 Å². The van der Waals surface area contributed by atoms with Gasteiger partial charge in [0.15, 0.2) is 0 Å². The lowest BCUT2D eigenvalue weighted by molar-refractivity contribution is 0.0307. The van der Waals surface area contributed by atoms with Crippen molar-refractivity contribution in [1.82, 2.24) is 5.32 Å². The molecule has 0 saturated heterocycles. The normalized spacial score (nSPS) is 16.4. The van der Waals surface area contributed by atoms with Crippen LogP contribution in [0.1, 0.15) is 37.7 Å². The fourth-order valence-corrected chi connectivity index (χ4v) is 2.54. The number of nitrogens with one attached hydrogen (secondary N) is 1. The van der Waals surface area contributed by atoms with Gasteiger partial charge in [-0.1, -0.05) is 56.2 Å². The molecule has 0 aromatic heterocycles. The van der Waals surface area contributed by atoms with Crippen molar-refractivity contribution in [1.29, 1.82) is 0 Å². The summed E-state index contributed by atoms with van der Waals surface area (Å²) < 4.78 is 5.88. The molecule has 0 spiro atoms. The summed E-state index contributed by atoms with van der Waals surface area (Å²) in [6, 6.07) is 10.3. The standard InChI is InChI=1S/C17H25NO/c1-15(16-8-4-2-5-9-16)14-18-12-13-19-17-10-6-3-7-11-17/h2,4-5,8-9,17-18H,1,3,6-7,10-14H2. The van der Waals surface area contributed by atoms with Crippen LogP contribution in [0, 0.1) is 0 Å². The van der Waals surface area contributed by atoms with Crippen molar-refractivity contribution in [3.63, 3.8) is 0 Å². The molecule has 2 rings (SSSR count). The van der Waals surface area contributed by atoms with Gasteiger partial charge in [-0.3, -0.25) is 0 Å². The van der Waals surface area contributed by atoms with Gasteiger partial charge < -0.3 is 10.1 Å². The Kier molecular flexibility index (Phi) is 6.12. The lowest BCUT2D eigenvalue weighted by Gasteiger charge is -2.22. The van der Waals surface area contributed by atoms with Crippen molar-refractivity contribution in [3.05, 3.63) is 42.5 Å². The van der Waals surface area contributed by atoms with E-state index in [1.165, 1.54) is 37.7 Å². The Hall–Kier alpha value is -1.12. The second-order valence-electron chi connectivity index (χ2n) is 5.28. The topological polar surface area (TPSA) is 21.3 Å². The monoisotopic (exact) mass is 259 g/mol. The predicted molar refractivity (Wildman–Crippen MR) is 81.2 cm³/mol. The van der Waals surface area contributed by atoms with Crippen molar-refractivity contribution in [2.45, 2.75) is 38.2 Å². The van der Waals surface area contributed by atoms with Crippen LogP contribution >= 0.6 is 0 Å². The highest BCUT2D eigenvalue weighted by Crippen LogP contribution is 2.19. The largest absolute Gasteiger partial charge is 0.377 e. The third-order valence-corrected chi connectivity index (χ3v) is 3.71. The van der Waals surface area contributed by atoms with Gasteiger partial charge in [0, 0.05) is 13.1 Å². The highest BCUT2D eigenvalue weighted by atomic mass is 16.5. The summed E-state index contributed by atoms with van der Waals surface area (Å²) in [5, 5.41) is 3.40. The molecule has 1 N–H and O–H groups in total. The van der Waals surface area contributed by atoms with Crippen molar-refractivity contribution >= 4 is 5.57 Å². The minimum absolute atomic E-state index is 0.507. The molecule has 2 heteroatoms. The molecule has 0 atom stereocenters. The molecule has 1 fully saturated rings. The Labute approximate surface area is 116 Å². The van der Waals surface area contributed by atoms with Crippen molar-refractivity contribution < 1.29 is 4.74 Å². The lowest BCUT2D eigenvalue weighted by atomic mass is 9.98. The van der Waals surface area contributed by atoms with E-state index in [2.05, 4.69) is 24.0 Å². The fourth-order valence-electron chi connectivity index (χ4n) is 2.54. The van der Waals surface area contributed by atoms with Crippen LogP contribution in [0.2, 0.25) is 0 Å². The van der Waals surface area contributed by atoms with Gasteiger partial charge in [0.1, 0.15) is 0 Å². The zero-order chi connectivity index (χ0) is 13.3. The quantitative estimate of drug-likeness (QED) is 0.755. The number of hydrogen-bond donors (Lipinski definition) is 1. The van der Waals surface area contributed by atoms with Crippen LogP contribution < -0.4 is 5.32 Å². The number of benzene rings is 1. The van der Waals surface area contributed by atoms with Crippen LogP contribution in [0.3, 0.4) is 0 Å². The first-order valence-electron chi connectivity index (χ1n) is 7.42. The smallest absolute Gasteiger partial charge is 0.0594 e. The van der Waals surface area contributed by atoms with Crippen LogP contribution in [0.5, 0.6) is 0 Å². The van der Waals surface area contributed by atoms with Crippen molar-refractivity contribution in [2.75, 3.05) is 19.7 Å². The highest BCUT2D eigenvalue weighted by Gasteiger charge is 2.12. The van der Waals surface area contributed by atoms with Gasteiger partial charge in [0.25, 0.3) is 0 Å². The zero-order valence-electron chi connectivity index (χ0n) is 11.7. The molecule has 104 valence electrons. The molecule has 1 aromatic carbocycles. The maximum Gasteiger partial charge on any atom is 0.0594 e. The van der Waals surface area contributed by atoms with Crippen LogP contribution in [-0.2, 0) is 4.74 Å². The summed E-state index contributed by atoms with van der Waals surface area (Å²) in [4.78, 5) is 0. The van der Waals surface area contributed by atoms with Crippen molar-refractivity contribution in [3.8, 4) is 0 Å². The fraction of sp³-hybridized carbons (Fsp3) is 0.529. The summed E-state index contributed by atoms with van der Waals surface area (Å²) in [5.41, 5.74) is 2.35. The van der Waals surface area contributed by atoms with Gasteiger partial charge in [-0.25, -0.2) is 0 Å². The third-order valence-electron chi connectivity index (χ3n) is 3.71. The summed E-state index contributed by atoms with van der Waals surface area (Å²) in [6.07, 6.45) is 7.06. The van der Waals surface area contributed by atoms with Gasteiger partial charge >= 0.3 is 0 Å². The average Bonchev–Trinajstić information content (AvgIpc) is 2.49. The molecule has 0 unspecified atom stereocenters. The maximum absolute atomic E-state index is 5.88. The van der Waals surface area contributed by atoms with Gasteiger partial charge in [0.05, 0.1) is 12.7 Å². The van der Waals surface area contributed by atoms with Gasteiger partial charge in [-0.15, -0.1) is 0 Å². The number of rotatable bonds is 7. The summed E-state index contributed by atoms with van der Waals surface area (Å²) in [5.74, 6) is 0. The van der Waals surface area contributed by atoms with E-state index in [-0.39, 0.29) is 0 Å². The molecular weight excluding hydrogens is 234 g/mol. The van der Waals surface area contributed by atoms with E-state index in [1.54, 1.807) is 0 Å². The zero-order valence-corrected chi connectivity index (χ0v) is 11.7. The Morgan fingerprint density at radius 1 is 1.16 bits per heavy atom. The molecular formula is C17H25NO. The van der Waals surface area contributed by atoms with E-state index in [4.69, 9.17) is 4.74 Å². The molecule has 0 radical (unpaired) electrons. The summed E-state index contributed by atoms with van der Waals surface area (Å²) >= 11 is 0. The third kappa shape index (κ3) is 5.17.